The predicted octanol–water partition coefficient (Wildman–Crippen LogP) is 2.16. The molecule has 14 heavy (non-hydrogen) atoms. The molecule has 1 aromatic carbocycles. The molecule has 2 rings (SSSR count). The van der Waals surface area contributed by atoms with Crippen LogP contribution in [0.5, 0.6) is 0 Å². The van der Waals surface area contributed by atoms with Gasteiger partial charge in [-0.15, -0.1) is 10.2 Å². The van der Waals surface area contributed by atoms with E-state index in [0.717, 1.165) is 16.8 Å². The summed E-state index contributed by atoms with van der Waals surface area (Å²) in [6.45, 7) is 4.06. The highest BCUT2D eigenvalue weighted by Crippen LogP contribution is 2.22. The highest BCUT2D eigenvalue weighted by molar-refractivity contribution is 5.65. The van der Waals surface area contributed by atoms with E-state index in [1.807, 2.05) is 25.1 Å². The molecule has 0 atom stereocenters. The Labute approximate surface area is 82.8 Å². The maximum absolute atomic E-state index is 4.05. The lowest BCUT2D eigenvalue weighted by molar-refractivity contribution is 0.859. The van der Waals surface area contributed by atoms with Gasteiger partial charge in [0.15, 0.2) is 0 Å². The van der Waals surface area contributed by atoms with Gasteiger partial charge in [-0.25, -0.2) is 0 Å². The summed E-state index contributed by atoms with van der Waals surface area (Å²) in [6, 6.07) is 8.13. The van der Waals surface area contributed by atoms with E-state index in [1.54, 1.807) is 6.20 Å². The number of rotatable bonds is 1. The van der Waals surface area contributed by atoms with Gasteiger partial charge >= 0.3 is 0 Å². The van der Waals surface area contributed by atoms with Crippen molar-refractivity contribution in [3.05, 3.63) is 41.6 Å². The lowest BCUT2D eigenvalue weighted by atomic mass is 10.0. The number of aryl methyl sites for hydroxylation is 2. The zero-order chi connectivity index (χ0) is 9.97. The quantitative estimate of drug-likeness (QED) is 0.683. The second kappa shape index (κ2) is 3.54. The molecule has 0 aliphatic rings. The summed E-state index contributed by atoms with van der Waals surface area (Å²) in [6.07, 6.45) is 1.73. The molecule has 0 aliphatic heterocycles. The van der Waals surface area contributed by atoms with E-state index >= 15 is 0 Å². The summed E-state index contributed by atoms with van der Waals surface area (Å²) in [5.74, 6) is 0. The van der Waals surface area contributed by atoms with Gasteiger partial charge in [-0.2, -0.15) is 0 Å². The van der Waals surface area contributed by atoms with Crippen LogP contribution in [0.15, 0.2) is 30.5 Å². The van der Waals surface area contributed by atoms with Gasteiger partial charge < -0.3 is 0 Å². The summed E-state index contributed by atoms with van der Waals surface area (Å²) in [7, 11) is 0. The minimum Gasteiger partial charge on any atom is -0.138 e. The van der Waals surface area contributed by atoms with Gasteiger partial charge in [0.1, 0.15) is 0 Å². The molecule has 0 saturated heterocycles. The van der Waals surface area contributed by atoms with Crippen LogP contribution in [-0.2, 0) is 0 Å². The van der Waals surface area contributed by atoms with Crippen molar-refractivity contribution in [1.29, 1.82) is 0 Å². The van der Waals surface area contributed by atoms with Gasteiger partial charge in [-0.3, -0.25) is 0 Å². The van der Waals surface area contributed by atoms with Crippen LogP contribution >= 0.6 is 0 Å². The van der Waals surface area contributed by atoms with Crippen LogP contribution in [0.25, 0.3) is 11.3 Å². The van der Waals surface area contributed by atoms with Gasteiger partial charge in [0.2, 0.25) is 0 Å². The Hall–Kier alpha value is -1.77. The molecule has 1 aromatic heterocycles. The molecule has 3 nitrogen and oxygen atoms in total. The fraction of sp³-hybridized carbons (Fsp3) is 0.182. The number of aromatic nitrogens is 3. The molecule has 0 aliphatic carbocycles. The zero-order valence-electron chi connectivity index (χ0n) is 8.23. The minimum absolute atomic E-state index is 0.915. The summed E-state index contributed by atoms with van der Waals surface area (Å²) >= 11 is 0. The summed E-state index contributed by atoms with van der Waals surface area (Å²) in [4.78, 5) is 0. The van der Waals surface area contributed by atoms with Crippen molar-refractivity contribution in [3.63, 3.8) is 0 Å². The Morgan fingerprint density at radius 2 is 1.79 bits per heavy atom. The fourth-order valence-electron chi connectivity index (χ4n) is 1.43. The smallest absolute Gasteiger partial charge is 0.0995 e. The number of hydrogen-bond acceptors (Lipinski definition) is 3. The van der Waals surface area contributed by atoms with E-state index in [4.69, 9.17) is 0 Å². The SMILES string of the molecule is Cc1ccccc1-c1nnncc1C. The highest BCUT2D eigenvalue weighted by Gasteiger charge is 2.05. The maximum Gasteiger partial charge on any atom is 0.0995 e. The summed E-state index contributed by atoms with van der Waals surface area (Å²) in [5, 5.41) is 11.5. The number of hydrogen-bond donors (Lipinski definition) is 0. The van der Waals surface area contributed by atoms with Crippen LogP contribution in [0.3, 0.4) is 0 Å². The molecule has 0 amide bonds. The predicted molar refractivity (Wildman–Crippen MR) is 54.7 cm³/mol. The first-order valence-corrected chi connectivity index (χ1v) is 4.50. The van der Waals surface area contributed by atoms with Crippen molar-refractivity contribution in [3.8, 4) is 11.3 Å². The molecule has 0 N–H and O–H groups in total. The first kappa shape index (κ1) is 8.81. The Bertz CT molecular complexity index is 408. The Morgan fingerprint density at radius 3 is 2.50 bits per heavy atom. The van der Waals surface area contributed by atoms with E-state index in [2.05, 4.69) is 28.4 Å². The molecule has 2 aromatic rings. The Balaban J connectivity index is 2.61. The van der Waals surface area contributed by atoms with Crippen LogP contribution in [-0.4, -0.2) is 15.4 Å². The van der Waals surface area contributed by atoms with Crippen molar-refractivity contribution < 1.29 is 0 Å². The molecule has 0 unspecified atom stereocenters. The van der Waals surface area contributed by atoms with Crippen molar-refractivity contribution in [2.45, 2.75) is 13.8 Å². The monoisotopic (exact) mass is 185 g/mol. The first-order valence-electron chi connectivity index (χ1n) is 4.50. The van der Waals surface area contributed by atoms with E-state index < -0.39 is 0 Å². The lowest BCUT2D eigenvalue weighted by Gasteiger charge is -2.05. The molecule has 70 valence electrons. The van der Waals surface area contributed by atoms with Gasteiger partial charge in [0.05, 0.1) is 11.9 Å². The highest BCUT2D eigenvalue weighted by atomic mass is 15.3. The average molecular weight is 185 g/mol. The largest absolute Gasteiger partial charge is 0.138 e. The van der Waals surface area contributed by atoms with Crippen LogP contribution in [0.4, 0.5) is 0 Å². The van der Waals surface area contributed by atoms with Crippen molar-refractivity contribution in [2.24, 2.45) is 0 Å². The summed E-state index contributed by atoms with van der Waals surface area (Å²) < 4.78 is 0. The topological polar surface area (TPSA) is 38.7 Å². The van der Waals surface area contributed by atoms with Gasteiger partial charge in [-0.1, -0.05) is 24.3 Å². The van der Waals surface area contributed by atoms with Crippen molar-refractivity contribution >= 4 is 0 Å². The molecule has 1 heterocycles. The zero-order valence-corrected chi connectivity index (χ0v) is 8.23. The molecule has 0 bridgehead atoms. The van der Waals surface area contributed by atoms with Crippen LogP contribution in [0.2, 0.25) is 0 Å². The van der Waals surface area contributed by atoms with Crippen LogP contribution < -0.4 is 0 Å². The standard InChI is InChI=1S/C11H11N3/c1-8-5-3-4-6-10(8)11-9(2)7-12-14-13-11/h3-7H,1-2H3. The third-order valence-corrected chi connectivity index (χ3v) is 2.22. The van der Waals surface area contributed by atoms with Gasteiger partial charge in [0, 0.05) is 5.56 Å². The molecular formula is C11H11N3. The third-order valence-electron chi connectivity index (χ3n) is 2.22. The molecule has 0 spiro atoms. The normalized spacial score (nSPS) is 10.1. The fourth-order valence-corrected chi connectivity index (χ4v) is 1.43. The minimum atomic E-state index is 0.915. The Kier molecular flexibility index (Phi) is 2.23. The van der Waals surface area contributed by atoms with Crippen molar-refractivity contribution in [1.82, 2.24) is 15.4 Å². The average Bonchev–Trinajstić information content (AvgIpc) is 2.20. The second-order valence-corrected chi connectivity index (χ2v) is 3.28. The van der Waals surface area contributed by atoms with Crippen molar-refractivity contribution in [2.75, 3.05) is 0 Å². The number of benzene rings is 1. The first-order chi connectivity index (χ1) is 6.79. The molecule has 0 fully saturated rings. The van der Waals surface area contributed by atoms with E-state index in [9.17, 15) is 0 Å². The van der Waals surface area contributed by atoms with Gasteiger partial charge in [0.25, 0.3) is 0 Å². The lowest BCUT2D eigenvalue weighted by Crippen LogP contribution is -1.95. The van der Waals surface area contributed by atoms with Crippen LogP contribution in [0.1, 0.15) is 11.1 Å². The van der Waals surface area contributed by atoms with E-state index in [1.165, 1.54) is 5.56 Å². The van der Waals surface area contributed by atoms with Gasteiger partial charge in [-0.05, 0) is 30.2 Å². The molecule has 0 radical (unpaired) electrons. The maximum atomic E-state index is 4.05. The van der Waals surface area contributed by atoms with E-state index in [-0.39, 0.29) is 0 Å². The summed E-state index contributed by atoms with van der Waals surface area (Å²) in [5.41, 5.74) is 4.29. The third kappa shape index (κ3) is 1.48. The molecular weight excluding hydrogens is 174 g/mol. The second-order valence-electron chi connectivity index (χ2n) is 3.28. The van der Waals surface area contributed by atoms with Crippen LogP contribution in [0, 0.1) is 13.8 Å². The molecule has 3 heteroatoms. The molecule has 0 saturated carbocycles. The Morgan fingerprint density at radius 1 is 1.00 bits per heavy atom. The van der Waals surface area contributed by atoms with E-state index in [0.29, 0.717) is 0 Å². The number of nitrogens with zero attached hydrogens (tertiary/aromatic N) is 3.